The molecule has 0 saturated heterocycles. The van der Waals surface area contributed by atoms with E-state index in [1.54, 1.807) is 6.92 Å². The molecule has 90 valence electrons. The van der Waals surface area contributed by atoms with Crippen molar-refractivity contribution in [3.05, 3.63) is 10.6 Å². The summed E-state index contributed by atoms with van der Waals surface area (Å²) >= 11 is 1.32. The molecule has 0 aliphatic rings. The maximum atomic E-state index is 11.5. The van der Waals surface area contributed by atoms with Gasteiger partial charge in [-0.25, -0.2) is 18.1 Å². The third kappa shape index (κ3) is 3.46. The quantitative estimate of drug-likeness (QED) is 0.829. The molecule has 1 aromatic heterocycles. The van der Waals surface area contributed by atoms with Gasteiger partial charge in [0.2, 0.25) is 10.0 Å². The predicted octanol–water partition coefficient (Wildman–Crippen LogP) is 0.573. The zero-order valence-corrected chi connectivity index (χ0v) is 10.8. The summed E-state index contributed by atoms with van der Waals surface area (Å²) in [5, 5.41) is 3.57. The van der Waals surface area contributed by atoms with E-state index in [1.807, 2.05) is 11.6 Å². The maximum absolute atomic E-state index is 11.5. The minimum absolute atomic E-state index is 0.145. The van der Waals surface area contributed by atoms with Crippen molar-refractivity contribution in [2.24, 2.45) is 0 Å². The number of hydrogen-bond acceptors (Lipinski definition) is 6. The summed E-state index contributed by atoms with van der Waals surface area (Å²) in [5.74, 6) is -0.694. The van der Waals surface area contributed by atoms with Crippen molar-refractivity contribution in [2.75, 3.05) is 18.1 Å². The standard InChI is InChI=1S/C8H13N3O3S2/c1-4-9-8-10-6(5(2)15-8)7(12)11-16(3,13)14/h4H2,1-3H3,(H,9,10)(H,11,12). The lowest BCUT2D eigenvalue weighted by atomic mass is 10.4. The Morgan fingerprint density at radius 1 is 1.50 bits per heavy atom. The normalized spacial score (nSPS) is 11.2. The van der Waals surface area contributed by atoms with Gasteiger partial charge >= 0.3 is 0 Å². The fraction of sp³-hybridized carbons (Fsp3) is 0.500. The number of nitrogens with one attached hydrogen (secondary N) is 2. The van der Waals surface area contributed by atoms with E-state index in [0.29, 0.717) is 16.6 Å². The van der Waals surface area contributed by atoms with Crippen molar-refractivity contribution in [3.8, 4) is 0 Å². The van der Waals surface area contributed by atoms with Crippen LogP contribution in [0.4, 0.5) is 5.13 Å². The summed E-state index contributed by atoms with van der Waals surface area (Å²) in [6.45, 7) is 4.32. The van der Waals surface area contributed by atoms with Crippen molar-refractivity contribution in [1.29, 1.82) is 0 Å². The molecule has 1 rings (SSSR count). The number of carbonyl (C=O) groups is 1. The van der Waals surface area contributed by atoms with Gasteiger partial charge in [0.1, 0.15) is 5.69 Å². The monoisotopic (exact) mass is 263 g/mol. The van der Waals surface area contributed by atoms with Crippen LogP contribution in [0.3, 0.4) is 0 Å². The molecule has 0 aliphatic heterocycles. The summed E-state index contributed by atoms with van der Waals surface area (Å²) < 4.78 is 23.7. The molecule has 0 atom stereocenters. The minimum atomic E-state index is -3.55. The number of nitrogens with zero attached hydrogens (tertiary/aromatic N) is 1. The van der Waals surface area contributed by atoms with Gasteiger partial charge in [0.15, 0.2) is 5.13 Å². The molecule has 0 unspecified atom stereocenters. The maximum Gasteiger partial charge on any atom is 0.284 e. The van der Waals surface area contributed by atoms with Crippen LogP contribution in [0.1, 0.15) is 22.3 Å². The Labute approximate surface area is 98.1 Å². The molecule has 1 aromatic rings. The molecule has 0 spiro atoms. The van der Waals surface area contributed by atoms with Gasteiger partial charge in [-0.2, -0.15) is 0 Å². The van der Waals surface area contributed by atoms with Crippen molar-refractivity contribution >= 4 is 32.4 Å². The van der Waals surface area contributed by atoms with Crippen LogP contribution < -0.4 is 10.0 Å². The van der Waals surface area contributed by atoms with E-state index in [-0.39, 0.29) is 5.69 Å². The smallest absolute Gasteiger partial charge is 0.284 e. The first kappa shape index (κ1) is 12.9. The Bertz CT molecular complexity index is 493. The van der Waals surface area contributed by atoms with Crippen LogP contribution >= 0.6 is 11.3 Å². The number of sulfonamides is 1. The van der Waals surface area contributed by atoms with E-state index in [4.69, 9.17) is 0 Å². The van der Waals surface area contributed by atoms with Gasteiger partial charge in [0.25, 0.3) is 5.91 Å². The second kappa shape index (κ2) is 4.79. The molecule has 0 aliphatic carbocycles. The van der Waals surface area contributed by atoms with Crippen LogP contribution in [-0.4, -0.2) is 32.1 Å². The number of carbonyl (C=O) groups excluding carboxylic acids is 1. The first-order chi connectivity index (χ1) is 7.33. The number of aryl methyl sites for hydroxylation is 1. The van der Waals surface area contributed by atoms with Crippen LogP contribution in [-0.2, 0) is 10.0 Å². The summed E-state index contributed by atoms with van der Waals surface area (Å²) in [7, 11) is -3.55. The molecule has 6 nitrogen and oxygen atoms in total. The van der Waals surface area contributed by atoms with Gasteiger partial charge in [0.05, 0.1) is 6.26 Å². The molecule has 0 aromatic carbocycles. The molecule has 1 amide bonds. The van der Waals surface area contributed by atoms with Crippen LogP contribution in [0.25, 0.3) is 0 Å². The second-order valence-corrected chi connectivity index (χ2v) is 6.11. The zero-order chi connectivity index (χ0) is 12.3. The fourth-order valence-electron chi connectivity index (χ4n) is 1.05. The molecule has 2 N–H and O–H groups in total. The van der Waals surface area contributed by atoms with Crippen molar-refractivity contribution in [3.63, 3.8) is 0 Å². The number of rotatable bonds is 4. The molecule has 1 heterocycles. The van der Waals surface area contributed by atoms with E-state index >= 15 is 0 Å². The fourth-order valence-corrected chi connectivity index (χ4v) is 2.36. The Morgan fingerprint density at radius 2 is 2.12 bits per heavy atom. The Morgan fingerprint density at radius 3 is 2.62 bits per heavy atom. The second-order valence-electron chi connectivity index (χ2n) is 3.16. The van der Waals surface area contributed by atoms with E-state index in [9.17, 15) is 13.2 Å². The van der Waals surface area contributed by atoms with Gasteiger partial charge in [0, 0.05) is 11.4 Å². The topological polar surface area (TPSA) is 88.2 Å². The third-order valence-corrected chi connectivity index (χ3v) is 3.10. The number of anilines is 1. The van der Waals surface area contributed by atoms with Gasteiger partial charge < -0.3 is 5.32 Å². The van der Waals surface area contributed by atoms with Crippen LogP contribution in [0.5, 0.6) is 0 Å². The average molecular weight is 263 g/mol. The molecule has 0 radical (unpaired) electrons. The highest BCUT2D eigenvalue weighted by Crippen LogP contribution is 2.21. The van der Waals surface area contributed by atoms with Crippen molar-refractivity contribution in [2.45, 2.75) is 13.8 Å². The summed E-state index contributed by atoms with van der Waals surface area (Å²) in [4.78, 5) is 16.2. The SMILES string of the molecule is CCNc1nc(C(=O)NS(C)(=O)=O)c(C)s1. The van der Waals surface area contributed by atoms with Crippen LogP contribution in [0.15, 0.2) is 0 Å². The number of thiazole rings is 1. The molecule has 0 saturated carbocycles. The minimum Gasteiger partial charge on any atom is -0.362 e. The molecular formula is C8H13N3O3S2. The largest absolute Gasteiger partial charge is 0.362 e. The van der Waals surface area contributed by atoms with Gasteiger partial charge in [-0.1, -0.05) is 0 Å². The zero-order valence-electron chi connectivity index (χ0n) is 9.20. The lowest BCUT2D eigenvalue weighted by Gasteiger charge is -1.99. The van der Waals surface area contributed by atoms with E-state index in [1.165, 1.54) is 11.3 Å². The number of amides is 1. The van der Waals surface area contributed by atoms with E-state index in [2.05, 4.69) is 10.3 Å². The van der Waals surface area contributed by atoms with Crippen LogP contribution in [0.2, 0.25) is 0 Å². The first-order valence-corrected chi connectivity index (χ1v) is 7.27. The van der Waals surface area contributed by atoms with E-state index in [0.717, 1.165) is 6.26 Å². The summed E-state index contributed by atoms with van der Waals surface area (Å²) in [6.07, 6.45) is 0.928. The third-order valence-electron chi connectivity index (χ3n) is 1.62. The van der Waals surface area contributed by atoms with Crippen molar-refractivity contribution < 1.29 is 13.2 Å². The van der Waals surface area contributed by atoms with Gasteiger partial charge in [-0.05, 0) is 13.8 Å². The lowest BCUT2D eigenvalue weighted by molar-refractivity contribution is 0.0977. The van der Waals surface area contributed by atoms with Gasteiger partial charge in [-0.15, -0.1) is 11.3 Å². The average Bonchev–Trinajstić information content (AvgIpc) is 2.44. The highest BCUT2D eigenvalue weighted by Gasteiger charge is 2.18. The Kier molecular flexibility index (Phi) is 3.87. The molecule has 8 heteroatoms. The molecular weight excluding hydrogens is 250 g/mol. The summed E-state index contributed by atoms with van der Waals surface area (Å²) in [6, 6.07) is 0. The number of aromatic nitrogens is 1. The highest BCUT2D eigenvalue weighted by molar-refractivity contribution is 7.89. The van der Waals surface area contributed by atoms with Gasteiger partial charge in [-0.3, -0.25) is 4.79 Å². The van der Waals surface area contributed by atoms with E-state index < -0.39 is 15.9 Å². The number of hydrogen-bond donors (Lipinski definition) is 2. The molecule has 0 fully saturated rings. The highest BCUT2D eigenvalue weighted by atomic mass is 32.2. The predicted molar refractivity (Wildman–Crippen MR) is 63.3 cm³/mol. The first-order valence-electron chi connectivity index (χ1n) is 4.57. The Hall–Kier alpha value is -1.15. The lowest BCUT2D eigenvalue weighted by Crippen LogP contribution is -2.30. The Balaban J connectivity index is 2.91. The summed E-state index contributed by atoms with van der Waals surface area (Å²) in [5.41, 5.74) is 0.145. The molecule has 16 heavy (non-hydrogen) atoms. The van der Waals surface area contributed by atoms with Crippen molar-refractivity contribution in [1.82, 2.24) is 9.71 Å². The molecule has 0 bridgehead atoms. The van der Waals surface area contributed by atoms with Crippen LogP contribution in [0, 0.1) is 6.92 Å².